The lowest BCUT2D eigenvalue weighted by Gasteiger charge is -2.15. The van der Waals surface area contributed by atoms with Crippen molar-refractivity contribution in [3.63, 3.8) is 0 Å². The van der Waals surface area contributed by atoms with Gasteiger partial charge >= 0.3 is 0 Å². The first kappa shape index (κ1) is 21.4. The first-order valence-corrected chi connectivity index (χ1v) is 9.95. The molecule has 1 aromatic heterocycles. The molecule has 3 rings (SSSR count). The van der Waals surface area contributed by atoms with E-state index in [4.69, 9.17) is 9.15 Å². The van der Waals surface area contributed by atoms with Crippen LogP contribution >= 0.6 is 0 Å². The van der Waals surface area contributed by atoms with Gasteiger partial charge < -0.3 is 24.7 Å². The molecule has 7 heteroatoms. The number of aromatic nitrogens is 1. The number of para-hydroxylation sites is 1. The zero-order valence-corrected chi connectivity index (χ0v) is 17.8. The normalized spacial score (nSPS) is 11.5. The lowest BCUT2D eigenvalue weighted by Crippen LogP contribution is -2.36. The van der Waals surface area contributed by atoms with E-state index in [-0.39, 0.29) is 0 Å². The molecule has 0 saturated heterocycles. The molecular formula is C23H29N5O2. The third kappa shape index (κ3) is 6.35. The fourth-order valence-electron chi connectivity index (χ4n) is 2.80. The second kappa shape index (κ2) is 11.0. The molecule has 0 amide bonds. The molecule has 158 valence electrons. The Morgan fingerprint density at radius 3 is 2.53 bits per heavy atom. The molecule has 3 aromatic rings. The van der Waals surface area contributed by atoms with E-state index < -0.39 is 0 Å². The van der Waals surface area contributed by atoms with Crippen molar-refractivity contribution in [2.24, 2.45) is 4.99 Å². The summed E-state index contributed by atoms with van der Waals surface area (Å²) >= 11 is 0. The number of likely N-dealkylation sites (N-methyl/N-ethyl adjacent to an activating group) is 1. The van der Waals surface area contributed by atoms with Crippen LogP contribution < -0.4 is 15.4 Å². The number of nitrogens with zero attached hydrogens (tertiary/aromatic N) is 3. The van der Waals surface area contributed by atoms with E-state index in [0.717, 1.165) is 29.1 Å². The standard InChI is InChI=1S/C23H29N5O2/c1-24-23(25-15-19-11-7-8-12-21(19)29-14-13-28(2)3)26-16-20-17-30-22(27-20)18-9-5-4-6-10-18/h4-12,17H,13-16H2,1-3H3,(H2,24,25,26). The molecule has 0 saturated carbocycles. The number of nitrogens with one attached hydrogen (secondary N) is 2. The molecule has 2 aromatic carbocycles. The minimum Gasteiger partial charge on any atom is -0.492 e. The summed E-state index contributed by atoms with van der Waals surface area (Å²) in [6.45, 7) is 2.63. The maximum Gasteiger partial charge on any atom is 0.226 e. The smallest absolute Gasteiger partial charge is 0.226 e. The zero-order valence-electron chi connectivity index (χ0n) is 17.8. The molecule has 0 unspecified atom stereocenters. The van der Waals surface area contributed by atoms with Crippen LogP contribution in [0.25, 0.3) is 11.5 Å². The summed E-state index contributed by atoms with van der Waals surface area (Å²) in [5, 5.41) is 6.59. The van der Waals surface area contributed by atoms with Gasteiger partial charge in [-0.1, -0.05) is 36.4 Å². The summed E-state index contributed by atoms with van der Waals surface area (Å²) in [7, 11) is 5.81. The summed E-state index contributed by atoms with van der Waals surface area (Å²) < 4.78 is 11.5. The number of guanidine groups is 1. The van der Waals surface area contributed by atoms with Crippen molar-refractivity contribution in [1.82, 2.24) is 20.5 Å². The van der Waals surface area contributed by atoms with Gasteiger partial charge in [0.25, 0.3) is 0 Å². The number of benzene rings is 2. The summed E-state index contributed by atoms with van der Waals surface area (Å²) in [6, 6.07) is 17.9. The topological polar surface area (TPSA) is 74.9 Å². The third-order valence-electron chi connectivity index (χ3n) is 4.45. The van der Waals surface area contributed by atoms with Crippen molar-refractivity contribution >= 4 is 5.96 Å². The summed E-state index contributed by atoms with van der Waals surface area (Å²) in [6.07, 6.45) is 1.66. The van der Waals surface area contributed by atoms with Gasteiger partial charge in [0.2, 0.25) is 5.89 Å². The Bertz CT molecular complexity index is 938. The van der Waals surface area contributed by atoms with Gasteiger partial charge in [-0.3, -0.25) is 4.99 Å². The molecule has 2 N–H and O–H groups in total. The Labute approximate surface area is 177 Å². The van der Waals surface area contributed by atoms with Crippen molar-refractivity contribution in [3.8, 4) is 17.2 Å². The number of ether oxygens (including phenoxy) is 1. The molecule has 0 aliphatic heterocycles. The number of hydrogen-bond donors (Lipinski definition) is 2. The molecule has 0 fully saturated rings. The zero-order chi connectivity index (χ0) is 21.2. The molecule has 0 aliphatic rings. The average molecular weight is 408 g/mol. The van der Waals surface area contributed by atoms with Crippen LogP contribution in [0.4, 0.5) is 0 Å². The highest BCUT2D eigenvalue weighted by atomic mass is 16.5. The fraction of sp³-hybridized carbons (Fsp3) is 0.304. The second-order valence-corrected chi connectivity index (χ2v) is 7.05. The van der Waals surface area contributed by atoms with E-state index in [9.17, 15) is 0 Å². The molecule has 0 spiro atoms. The first-order chi connectivity index (χ1) is 14.7. The quantitative estimate of drug-likeness (QED) is 0.419. The van der Waals surface area contributed by atoms with Crippen LogP contribution in [0.15, 0.2) is 70.3 Å². The van der Waals surface area contributed by atoms with Gasteiger partial charge in [-0.05, 0) is 32.3 Å². The van der Waals surface area contributed by atoms with Gasteiger partial charge in [0.15, 0.2) is 5.96 Å². The Hall–Kier alpha value is -3.32. The van der Waals surface area contributed by atoms with Crippen LogP contribution in [0.3, 0.4) is 0 Å². The summed E-state index contributed by atoms with van der Waals surface area (Å²) in [5.74, 6) is 2.17. The van der Waals surface area contributed by atoms with Crippen molar-refractivity contribution in [2.75, 3.05) is 34.3 Å². The van der Waals surface area contributed by atoms with Crippen molar-refractivity contribution < 1.29 is 9.15 Å². The van der Waals surface area contributed by atoms with Crippen LogP contribution in [-0.2, 0) is 13.1 Å². The lowest BCUT2D eigenvalue weighted by molar-refractivity contribution is 0.259. The lowest BCUT2D eigenvalue weighted by atomic mass is 10.2. The van der Waals surface area contributed by atoms with Gasteiger partial charge in [0.1, 0.15) is 18.6 Å². The van der Waals surface area contributed by atoms with Gasteiger partial charge in [0, 0.05) is 31.3 Å². The monoisotopic (exact) mass is 407 g/mol. The van der Waals surface area contributed by atoms with E-state index in [0.29, 0.717) is 31.5 Å². The first-order valence-electron chi connectivity index (χ1n) is 9.95. The summed E-state index contributed by atoms with van der Waals surface area (Å²) in [4.78, 5) is 10.9. The Morgan fingerprint density at radius 1 is 1.03 bits per heavy atom. The number of aliphatic imine (C=N–C) groups is 1. The van der Waals surface area contributed by atoms with Crippen molar-refractivity contribution in [1.29, 1.82) is 0 Å². The van der Waals surface area contributed by atoms with Gasteiger partial charge in [-0.2, -0.15) is 0 Å². The number of oxazole rings is 1. The fourth-order valence-corrected chi connectivity index (χ4v) is 2.80. The molecule has 30 heavy (non-hydrogen) atoms. The molecule has 0 radical (unpaired) electrons. The van der Waals surface area contributed by atoms with E-state index in [1.165, 1.54) is 0 Å². The van der Waals surface area contributed by atoms with Crippen LogP contribution in [0.2, 0.25) is 0 Å². The second-order valence-electron chi connectivity index (χ2n) is 7.05. The Balaban J connectivity index is 1.52. The largest absolute Gasteiger partial charge is 0.492 e. The SMILES string of the molecule is CN=C(NCc1coc(-c2ccccc2)n1)NCc1ccccc1OCCN(C)C. The van der Waals surface area contributed by atoms with Crippen molar-refractivity contribution in [3.05, 3.63) is 72.1 Å². The molecule has 7 nitrogen and oxygen atoms in total. The molecular weight excluding hydrogens is 378 g/mol. The molecule has 0 atom stereocenters. The predicted molar refractivity (Wildman–Crippen MR) is 119 cm³/mol. The van der Waals surface area contributed by atoms with E-state index in [1.807, 2.05) is 62.6 Å². The number of rotatable bonds is 9. The van der Waals surface area contributed by atoms with Crippen LogP contribution in [0, 0.1) is 0 Å². The Kier molecular flexibility index (Phi) is 7.86. The van der Waals surface area contributed by atoms with Crippen LogP contribution in [-0.4, -0.2) is 50.1 Å². The maximum atomic E-state index is 5.92. The molecule has 1 heterocycles. The third-order valence-corrected chi connectivity index (χ3v) is 4.45. The van der Waals surface area contributed by atoms with Crippen LogP contribution in [0.5, 0.6) is 5.75 Å². The van der Waals surface area contributed by atoms with E-state index in [1.54, 1.807) is 13.3 Å². The predicted octanol–water partition coefficient (Wildman–Crippen LogP) is 3.15. The van der Waals surface area contributed by atoms with Gasteiger partial charge in [-0.15, -0.1) is 0 Å². The number of hydrogen-bond acceptors (Lipinski definition) is 5. The molecule has 0 aliphatic carbocycles. The minimum absolute atomic E-state index is 0.511. The van der Waals surface area contributed by atoms with Gasteiger partial charge in [0.05, 0.1) is 12.2 Å². The molecule has 0 bridgehead atoms. The minimum atomic E-state index is 0.511. The van der Waals surface area contributed by atoms with Crippen LogP contribution in [0.1, 0.15) is 11.3 Å². The average Bonchev–Trinajstić information content (AvgIpc) is 3.24. The Morgan fingerprint density at radius 2 is 1.77 bits per heavy atom. The highest BCUT2D eigenvalue weighted by molar-refractivity contribution is 5.79. The van der Waals surface area contributed by atoms with Gasteiger partial charge in [-0.25, -0.2) is 4.98 Å². The highest BCUT2D eigenvalue weighted by Gasteiger charge is 2.08. The summed E-state index contributed by atoms with van der Waals surface area (Å²) in [5.41, 5.74) is 2.84. The maximum absolute atomic E-state index is 5.92. The van der Waals surface area contributed by atoms with Crippen molar-refractivity contribution in [2.45, 2.75) is 13.1 Å². The van der Waals surface area contributed by atoms with E-state index in [2.05, 4.69) is 31.6 Å². The van der Waals surface area contributed by atoms with E-state index >= 15 is 0 Å². The highest BCUT2D eigenvalue weighted by Crippen LogP contribution is 2.18.